The number of likely N-dealkylation sites (tertiary alicyclic amines) is 1. The second-order valence-corrected chi connectivity index (χ2v) is 11.7. The van der Waals surface area contributed by atoms with Gasteiger partial charge in [0.25, 0.3) is 0 Å². The number of hydrogen-bond donors (Lipinski definition) is 2. The summed E-state index contributed by atoms with van der Waals surface area (Å²) in [6.07, 6.45) is 2.11. The largest absolute Gasteiger partial charge is 0.504 e. The van der Waals surface area contributed by atoms with Crippen LogP contribution in [-0.4, -0.2) is 69.3 Å². The van der Waals surface area contributed by atoms with Gasteiger partial charge >= 0.3 is 6.18 Å². The van der Waals surface area contributed by atoms with Crippen LogP contribution in [0.15, 0.2) is 55.1 Å². The monoisotopic (exact) mass is 554 g/mol. The zero-order chi connectivity index (χ0) is 28.7. The Morgan fingerprint density at radius 2 is 2.05 bits per heavy atom. The van der Waals surface area contributed by atoms with E-state index >= 15 is 0 Å². The summed E-state index contributed by atoms with van der Waals surface area (Å²) in [5, 5.41) is 23.5. The number of aromatic hydroxyl groups is 1. The van der Waals surface area contributed by atoms with Crippen LogP contribution >= 0.6 is 0 Å². The molecule has 2 aromatic rings. The lowest BCUT2D eigenvalue weighted by atomic mass is 9.44. The molecule has 0 unspecified atom stereocenters. The van der Waals surface area contributed by atoms with E-state index in [2.05, 4.69) is 11.5 Å². The normalized spacial score (nSPS) is 32.5. The van der Waals surface area contributed by atoms with Crippen LogP contribution in [-0.2, 0) is 22.8 Å². The summed E-state index contributed by atoms with van der Waals surface area (Å²) in [7, 11) is 1.66. The van der Waals surface area contributed by atoms with Crippen LogP contribution in [0.4, 0.5) is 13.2 Å². The number of alkyl halides is 3. The van der Waals surface area contributed by atoms with Gasteiger partial charge in [-0.1, -0.05) is 24.3 Å². The summed E-state index contributed by atoms with van der Waals surface area (Å²) in [4.78, 5) is 17.3. The molecule has 1 amide bonds. The molecule has 1 saturated heterocycles. The Bertz CT molecular complexity index is 1420. The van der Waals surface area contributed by atoms with Crippen molar-refractivity contribution in [2.75, 3.05) is 20.1 Å². The Kier molecular flexibility index (Phi) is 5.95. The molecule has 2 aliphatic carbocycles. The molecule has 2 heterocycles. The molecule has 2 N–H and O–H groups in total. The Labute approximate surface area is 231 Å². The van der Waals surface area contributed by atoms with Gasteiger partial charge in [-0.15, -0.1) is 6.58 Å². The maximum absolute atomic E-state index is 13.4. The summed E-state index contributed by atoms with van der Waals surface area (Å²) in [6.45, 7) is 7.17. The highest BCUT2D eigenvalue weighted by Crippen LogP contribution is 2.69. The van der Waals surface area contributed by atoms with Gasteiger partial charge in [0.1, 0.15) is 5.60 Å². The number of rotatable bonds is 5. The number of phenols is 1. The molecule has 6 rings (SSSR count). The summed E-state index contributed by atoms with van der Waals surface area (Å²) in [6, 6.07) is 7.72. The van der Waals surface area contributed by atoms with Gasteiger partial charge in [-0.2, -0.15) is 13.2 Å². The molecule has 1 saturated carbocycles. The maximum atomic E-state index is 13.4. The van der Waals surface area contributed by atoms with Crippen LogP contribution in [0.2, 0.25) is 0 Å². The standard InChI is InChI=1S/C31H33F3N2O4/c1-4-15-36-16-14-29-26-20-9-10-22(37)27(26)40-28(29,2)23(12-13-30(29,39)24(36)18-20)35(3)25(38)11-8-19-6-5-7-21(17-19)31(32,33)34/h4-11,17,23-24,37,39H,1,12-16,18H2,2-3H3/t23-,24+,28-,29-,30+/m0/s1. The fourth-order valence-electron chi connectivity index (χ4n) is 8.27. The van der Waals surface area contributed by atoms with Crippen molar-refractivity contribution in [1.82, 2.24) is 9.80 Å². The van der Waals surface area contributed by atoms with E-state index in [9.17, 15) is 28.2 Å². The minimum absolute atomic E-state index is 0.00948. The summed E-state index contributed by atoms with van der Waals surface area (Å²) >= 11 is 0. The maximum Gasteiger partial charge on any atom is 0.416 e. The number of carbonyl (C=O) groups excluding carboxylic acids is 1. The topological polar surface area (TPSA) is 73.2 Å². The molecule has 6 nitrogen and oxygen atoms in total. The third kappa shape index (κ3) is 3.46. The zero-order valence-corrected chi connectivity index (χ0v) is 22.5. The first-order valence-electron chi connectivity index (χ1n) is 13.6. The van der Waals surface area contributed by atoms with E-state index in [-0.39, 0.29) is 23.3 Å². The van der Waals surface area contributed by atoms with Crippen LogP contribution in [0.3, 0.4) is 0 Å². The SMILES string of the molecule is C=CCN1CC[C@]23c4c5ccc(O)c4O[C@@]2(C)[C@@H](N(C)C(=O)C=Cc2cccc(C(F)(F)F)c2)CC[C@@]3(O)[C@H]1C5. The number of likely N-dealkylation sites (N-methyl/N-ethyl adjacent to an activating group) is 1. The van der Waals surface area contributed by atoms with Crippen LogP contribution in [0.1, 0.15) is 48.4 Å². The molecule has 0 radical (unpaired) electrons. The number of halogens is 3. The van der Waals surface area contributed by atoms with Gasteiger partial charge in [0.15, 0.2) is 11.5 Å². The Morgan fingerprint density at radius 3 is 2.77 bits per heavy atom. The van der Waals surface area contributed by atoms with Crippen molar-refractivity contribution in [3.63, 3.8) is 0 Å². The quantitative estimate of drug-likeness (QED) is 0.415. The van der Waals surface area contributed by atoms with E-state index in [1.807, 2.05) is 19.1 Å². The first kappa shape index (κ1) is 26.9. The molecule has 2 fully saturated rings. The van der Waals surface area contributed by atoms with Crippen molar-refractivity contribution in [1.29, 1.82) is 0 Å². The summed E-state index contributed by atoms with van der Waals surface area (Å²) in [5.41, 5.74) is -1.70. The summed E-state index contributed by atoms with van der Waals surface area (Å²) < 4.78 is 46.1. The average Bonchev–Trinajstić information content (AvgIpc) is 3.19. The van der Waals surface area contributed by atoms with Crippen molar-refractivity contribution < 1.29 is 32.9 Å². The van der Waals surface area contributed by atoms with Crippen molar-refractivity contribution in [3.8, 4) is 11.5 Å². The molecule has 2 aromatic carbocycles. The van der Waals surface area contributed by atoms with Crippen molar-refractivity contribution in [2.45, 2.75) is 67.5 Å². The second-order valence-electron chi connectivity index (χ2n) is 11.7. The van der Waals surface area contributed by atoms with E-state index < -0.39 is 34.4 Å². The predicted octanol–water partition coefficient (Wildman–Crippen LogP) is 4.68. The highest BCUT2D eigenvalue weighted by atomic mass is 19.4. The van der Waals surface area contributed by atoms with Gasteiger partial charge in [0.05, 0.1) is 22.6 Å². The number of hydrogen-bond acceptors (Lipinski definition) is 5. The first-order valence-corrected chi connectivity index (χ1v) is 13.6. The van der Waals surface area contributed by atoms with Crippen LogP contribution < -0.4 is 4.74 Å². The second kappa shape index (κ2) is 8.85. The van der Waals surface area contributed by atoms with E-state index in [1.165, 1.54) is 24.3 Å². The highest BCUT2D eigenvalue weighted by molar-refractivity contribution is 5.92. The van der Waals surface area contributed by atoms with Crippen molar-refractivity contribution >= 4 is 12.0 Å². The average molecular weight is 555 g/mol. The molecule has 0 aromatic heterocycles. The fourth-order valence-corrected chi connectivity index (χ4v) is 8.27. The van der Waals surface area contributed by atoms with Crippen molar-refractivity contribution in [2.24, 2.45) is 0 Å². The Hall–Kier alpha value is -3.30. The van der Waals surface area contributed by atoms with Crippen LogP contribution in [0.25, 0.3) is 6.08 Å². The van der Waals surface area contributed by atoms with Crippen LogP contribution in [0, 0.1) is 0 Å². The number of carbonyl (C=O) groups is 1. The molecule has 2 bridgehead atoms. The lowest BCUT2D eigenvalue weighted by Gasteiger charge is -2.67. The van der Waals surface area contributed by atoms with Crippen molar-refractivity contribution in [3.05, 3.63) is 77.4 Å². The number of phenolic OH excluding ortho intramolecular Hbond substituents is 1. The van der Waals surface area contributed by atoms with E-state index in [0.29, 0.717) is 44.5 Å². The molecular weight excluding hydrogens is 521 g/mol. The third-order valence-corrected chi connectivity index (χ3v) is 9.98. The van der Waals surface area contributed by atoms with Gasteiger partial charge < -0.3 is 19.8 Å². The number of nitrogens with zero attached hydrogens (tertiary/aromatic N) is 2. The summed E-state index contributed by atoms with van der Waals surface area (Å²) in [5.74, 6) is 0.00229. The van der Waals surface area contributed by atoms with Gasteiger partial charge in [-0.25, -0.2) is 0 Å². The first-order chi connectivity index (χ1) is 18.9. The molecule has 2 aliphatic heterocycles. The molecular formula is C31H33F3N2O4. The Morgan fingerprint density at radius 1 is 1.27 bits per heavy atom. The zero-order valence-electron chi connectivity index (χ0n) is 22.5. The van der Waals surface area contributed by atoms with Gasteiger partial charge in [-0.05, 0) is 68.0 Å². The number of aliphatic hydroxyl groups is 1. The number of benzene rings is 2. The molecule has 5 atom stereocenters. The minimum Gasteiger partial charge on any atom is -0.504 e. The fraction of sp³-hybridized carbons (Fsp3) is 0.452. The number of amides is 1. The van der Waals surface area contributed by atoms with Gasteiger partial charge in [0.2, 0.25) is 5.91 Å². The van der Waals surface area contributed by atoms with E-state index in [4.69, 9.17) is 4.74 Å². The molecule has 9 heteroatoms. The molecule has 4 aliphatic rings. The third-order valence-electron chi connectivity index (χ3n) is 9.98. The molecule has 212 valence electrons. The minimum atomic E-state index is -4.48. The van der Waals surface area contributed by atoms with Gasteiger partial charge in [-0.3, -0.25) is 9.69 Å². The van der Waals surface area contributed by atoms with Crippen LogP contribution in [0.5, 0.6) is 11.5 Å². The Balaban J connectivity index is 1.38. The predicted molar refractivity (Wildman–Crippen MR) is 144 cm³/mol. The number of ether oxygens (including phenoxy) is 1. The smallest absolute Gasteiger partial charge is 0.416 e. The lowest BCUT2D eigenvalue weighted by Crippen LogP contribution is -2.82. The highest BCUT2D eigenvalue weighted by Gasteiger charge is 2.78. The van der Waals surface area contributed by atoms with Gasteiger partial charge in [0, 0.05) is 37.8 Å². The number of piperidine rings is 1. The van der Waals surface area contributed by atoms with E-state index in [0.717, 1.165) is 23.3 Å². The van der Waals surface area contributed by atoms with E-state index in [1.54, 1.807) is 18.0 Å². The lowest BCUT2D eigenvalue weighted by molar-refractivity contribution is -0.227. The molecule has 1 spiro atoms. The molecule has 40 heavy (non-hydrogen) atoms.